The molecule has 13 nitrogen and oxygen atoms in total. The van der Waals surface area contributed by atoms with Crippen molar-refractivity contribution < 1.29 is 28.7 Å². The molecule has 0 aliphatic carbocycles. The minimum absolute atomic E-state index is 0. The maximum Gasteiger partial charge on any atom is 0.469 e. The molecule has 0 unspecified atom stereocenters. The van der Waals surface area contributed by atoms with E-state index in [1.807, 2.05) is 0 Å². The number of nitrogen functional groups attached to an aromatic ring is 1. The number of nitrogens with two attached hydrogens (primary N) is 1. The third kappa shape index (κ3) is 3.47. The summed E-state index contributed by atoms with van der Waals surface area (Å²) in [6.07, 6.45) is -1.69. The summed E-state index contributed by atoms with van der Waals surface area (Å²) in [6.45, 7) is -0.746. The van der Waals surface area contributed by atoms with E-state index in [0.29, 0.717) is 0 Å². The molecule has 1 aliphatic rings. The zero-order valence-electron chi connectivity index (χ0n) is 12.5. The minimum Gasteiger partial charge on any atom is -0.853 e. The highest BCUT2D eigenvalue weighted by Crippen LogP contribution is 2.43. The number of nitrogens with zero attached hydrogens (tertiary/aromatic N) is 3. The van der Waals surface area contributed by atoms with Gasteiger partial charge in [0.2, 0.25) is 5.95 Å². The molecule has 0 spiro atoms. The van der Waals surface area contributed by atoms with Gasteiger partial charge in [0.25, 0.3) is 5.56 Å². The van der Waals surface area contributed by atoms with E-state index >= 15 is 0 Å². The molecule has 3 heterocycles. The van der Waals surface area contributed by atoms with Crippen LogP contribution in [0.3, 0.4) is 0 Å². The molecule has 24 heavy (non-hydrogen) atoms. The second-order valence-corrected chi connectivity index (χ2v) is 6.13. The SMILES string of the molecule is Nc1nc2c(ncn2[C@H]2C[C@H](OP(=O)(O)O)[C@@H](C[O-])O2)c(=O)[nH]1.[NH4+]. The quantitative estimate of drug-likeness (QED) is 0.382. The number of aromatic nitrogens is 4. The van der Waals surface area contributed by atoms with E-state index in [2.05, 4.69) is 19.5 Å². The van der Waals surface area contributed by atoms with Gasteiger partial charge in [0.1, 0.15) is 6.23 Å². The predicted molar refractivity (Wildman–Crippen MR) is 78.9 cm³/mol. The number of anilines is 1. The van der Waals surface area contributed by atoms with Crippen LogP contribution in [0.1, 0.15) is 12.6 Å². The Morgan fingerprint density at radius 2 is 2.29 bits per heavy atom. The van der Waals surface area contributed by atoms with Crippen molar-refractivity contribution in [1.29, 1.82) is 0 Å². The van der Waals surface area contributed by atoms with Crippen LogP contribution in [0.2, 0.25) is 0 Å². The minimum atomic E-state index is -4.77. The summed E-state index contributed by atoms with van der Waals surface area (Å²) in [6, 6.07) is 0. The molecule has 1 fully saturated rings. The Kier molecular flexibility index (Phi) is 5.05. The number of fused-ring (bicyclic) bond motifs is 1. The van der Waals surface area contributed by atoms with Crippen LogP contribution in [0.25, 0.3) is 11.2 Å². The molecule has 9 N–H and O–H groups in total. The number of hydrogen-bond donors (Lipinski definition) is 5. The Labute approximate surface area is 134 Å². The first kappa shape index (κ1) is 18.5. The monoisotopic (exact) mass is 364 g/mol. The first-order valence-corrected chi connectivity index (χ1v) is 8.01. The van der Waals surface area contributed by atoms with E-state index in [-0.39, 0.29) is 29.7 Å². The van der Waals surface area contributed by atoms with Crippen molar-refractivity contribution in [3.63, 3.8) is 0 Å². The van der Waals surface area contributed by atoms with Crippen LogP contribution < -0.4 is 22.6 Å². The lowest BCUT2D eigenvalue weighted by atomic mass is 10.2. The van der Waals surface area contributed by atoms with E-state index in [4.69, 9.17) is 20.3 Å². The van der Waals surface area contributed by atoms with E-state index in [9.17, 15) is 14.5 Å². The summed E-state index contributed by atoms with van der Waals surface area (Å²) in [7, 11) is -4.77. The van der Waals surface area contributed by atoms with Crippen LogP contribution in [0, 0.1) is 0 Å². The predicted octanol–water partition coefficient (Wildman–Crippen LogP) is -1.80. The van der Waals surface area contributed by atoms with Crippen LogP contribution in [-0.4, -0.2) is 48.1 Å². The summed E-state index contributed by atoms with van der Waals surface area (Å²) in [4.78, 5) is 39.7. The second kappa shape index (κ2) is 6.57. The maximum atomic E-state index is 11.7. The Hall–Kier alpha value is -1.86. The largest absolute Gasteiger partial charge is 0.853 e. The fourth-order valence-electron chi connectivity index (χ4n) is 2.46. The number of ether oxygens (including phenoxy) is 1. The zero-order chi connectivity index (χ0) is 16.8. The summed E-state index contributed by atoms with van der Waals surface area (Å²) in [5.41, 5.74) is 5.12. The molecule has 3 atom stereocenters. The average Bonchev–Trinajstić information content (AvgIpc) is 3.00. The molecule has 0 radical (unpaired) electrons. The van der Waals surface area contributed by atoms with Crippen LogP contribution in [-0.2, 0) is 13.8 Å². The lowest BCUT2D eigenvalue weighted by Crippen LogP contribution is -2.33. The number of phosphoric acid groups is 1. The number of quaternary nitrogens is 1. The van der Waals surface area contributed by atoms with Crippen LogP contribution in [0.15, 0.2) is 11.1 Å². The van der Waals surface area contributed by atoms with Gasteiger partial charge in [-0.05, 0) is 0 Å². The Balaban J connectivity index is 0.00000208. The molecule has 2 aromatic rings. The lowest BCUT2D eigenvalue weighted by molar-refractivity contribution is -0.388. The Morgan fingerprint density at radius 3 is 2.92 bits per heavy atom. The van der Waals surface area contributed by atoms with E-state index < -0.39 is 38.4 Å². The van der Waals surface area contributed by atoms with Gasteiger partial charge in [-0.25, -0.2) is 9.55 Å². The summed E-state index contributed by atoms with van der Waals surface area (Å²) in [5, 5.41) is 11.1. The maximum absolute atomic E-state index is 11.7. The number of hydrogen-bond acceptors (Lipinski definition) is 8. The Bertz CT molecular complexity index is 831. The van der Waals surface area contributed by atoms with Crippen molar-refractivity contribution in [2.75, 3.05) is 12.3 Å². The van der Waals surface area contributed by atoms with Crippen LogP contribution in [0.5, 0.6) is 0 Å². The zero-order valence-corrected chi connectivity index (χ0v) is 13.4. The average molecular weight is 364 g/mol. The van der Waals surface area contributed by atoms with Crippen molar-refractivity contribution in [2.45, 2.75) is 24.9 Å². The van der Waals surface area contributed by atoms with Gasteiger partial charge in [-0.1, -0.05) is 0 Å². The summed E-state index contributed by atoms with van der Waals surface area (Å²) < 4.78 is 22.4. The molecule has 0 aromatic carbocycles. The molecule has 14 heteroatoms. The van der Waals surface area contributed by atoms with E-state index in [1.165, 1.54) is 10.9 Å². The van der Waals surface area contributed by atoms with Crippen molar-refractivity contribution >= 4 is 24.9 Å². The standard InChI is InChI=1S/C10H13N5O7P.H3N/c11-10-13-8-7(9(17)14-10)12-3-15(8)6-1-4(5(2-16)21-6)22-23(18,19)20;/h3-6H,1-2H2,(H2,18,19,20)(H3,11,13,14,17);1H3/q-1;/p+1/t4-,5+,6+;/m0./s1. The number of phosphoric ester groups is 1. The molecule has 1 aliphatic heterocycles. The van der Waals surface area contributed by atoms with Gasteiger partial charge >= 0.3 is 7.82 Å². The molecular formula is C10H17N6O7P. The first-order valence-electron chi connectivity index (χ1n) is 6.48. The van der Waals surface area contributed by atoms with Crippen molar-refractivity contribution in [3.8, 4) is 0 Å². The van der Waals surface area contributed by atoms with Crippen molar-refractivity contribution in [1.82, 2.24) is 25.7 Å². The van der Waals surface area contributed by atoms with Gasteiger partial charge in [-0.3, -0.25) is 18.9 Å². The third-order valence-corrected chi connectivity index (χ3v) is 3.92. The Morgan fingerprint density at radius 1 is 1.58 bits per heavy atom. The second-order valence-electron chi connectivity index (χ2n) is 4.94. The number of nitrogens with one attached hydrogen (secondary N) is 1. The van der Waals surface area contributed by atoms with E-state index in [1.54, 1.807) is 0 Å². The normalized spacial score (nSPS) is 24.2. The van der Waals surface area contributed by atoms with Gasteiger partial charge in [0.15, 0.2) is 11.2 Å². The number of aromatic amines is 1. The van der Waals surface area contributed by atoms with Gasteiger partial charge < -0.3 is 31.5 Å². The molecule has 134 valence electrons. The van der Waals surface area contributed by atoms with Crippen LogP contribution >= 0.6 is 7.82 Å². The van der Waals surface area contributed by atoms with Crippen molar-refractivity contribution in [2.24, 2.45) is 0 Å². The molecule has 1 saturated heterocycles. The van der Waals surface area contributed by atoms with Crippen LogP contribution in [0.4, 0.5) is 5.95 Å². The first-order chi connectivity index (χ1) is 10.8. The smallest absolute Gasteiger partial charge is 0.469 e. The number of rotatable bonds is 4. The molecule has 0 amide bonds. The molecule has 0 bridgehead atoms. The van der Waals surface area contributed by atoms with E-state index in [0.717, 1.165) is 0 Å². The van der Waals surface area contributed by atoms with Gasteiger partial charge in [-0.2, -0.15) is 4.98 Å². The fourth-order valence-corrected chi connectivity index (χ4v) is 3.04. The molecule has 3 rings (SSSR count). The molecule has 0 saturated carbocycles. The number of imidazole rings is 1. The topological polar surface area (TPSA) is 225 Å². The highest BCUT2D eigenvalue weighted by molar-refractivity contribution is 7.46. The van der Waals surface area contributed by atoms with Gasteiger partial charge in [0.05, 0.1) is 18.5 Å². The third-order valence-electron chi connectivity index (χ3n) is 3.38. The summed E-state index contributed by atoms with van der Waals surface area (Å²) >= 11 is 0. The van der Waals surface area contributed by atoms with Gasteiger partial charge in [-0.15, -0.1) is 6.61 Å². The van der Waals surface area contributed by atoms with Crippen molar-refractivity contribution in [3.05, 3.63) is 16.7 Å². The molecular weight excluding hydrogens is 347 g/mol. The molecule has 2 aromatic heterocycles. The lowest BCUT2D eigenvalue weighted by Gasteiger charge is -2.21. The number of H-pyrrole nitrogens is 1. The summed E-state index contributed by atoms with van der Waals surface area (Å²) in [5.74, 6) is -0.120. The highest BCUT2D eigenvalue weighted by Gasteiger charge is 2.39. The van der Waals surface area contributed by atoms with Gasteiger partial charge in [0, 0.05) is 6.42 Å². The fraction of sp³-hybridized carbons (Fsp3) is 0.500. The highest BCUT2D eigenvalue weighted by atomic mass is 31.2.